The minimum absolute atomic E-state index is 0.667. The summed E-state index contributed by atoms with van der Waals surface area (Å²) in [5.41, 5.74) is 7.44. The van der Waals surface area contributed by atoms with Crippen LogP contribution in [0.1, 0.15) is 38.8 Å². The van der Waals surface area contributed by atoms with Crippen LogP contribution in [0.5, 0.6) is 0 Å². The van der Waals surface area contributed by atoms with Crippen LogP contribution in [-0.4, -0.2) is 0 Å². The van der Waals surface area contributed by atoms with Crippen molar-refractivity contribution in [2.75, 3.05) is 10.6 Å². The van der Waals surface area contributed by atoms with Crippen molar-refractivity contribution in [2.45, 2.75) is 40.5 Å². The number of nitrogens with one attached hydrogen (secondary N) is 2. The predicted octanol–water partition coefficient (Wildman–Crippen LogP) is 7.04. The topological polar surface area (TPSA) is 24.1 Å². The monoisotopic (exact) mass is 344 g/mol. The minimum atomic E-state index is 0.667. The molecule has 0 saturated heterocycles. The van der Waals surface area contributed by atoms with Crippen molar-refractivity contribution >= 4 is 33.5 Å². The maximum Gasteiger partial charge on any atom is 0.0630 e. The normalized spacial score (nSPS) is 12.7. The highest BCUT2D eigenvalue weighted by Gasteiger charge is 2.16. The minimum Gasteiger partial charge on any atom is -0.352 e. The summed E-state index contributed by atoms with van der Waals surface area (Å²) in [6.45, 7) is 9.07. The van der Waals surface area contributed by atoms with Crippen LogP contribution in [0.2, 0.25) is 0 Å². The standard InChI is InChI=1S/C24H28N2/c1-15(2)9-17-5-7-19-13-23-24(14-20(19)11-17)25-21-8-6-18(10-16(3)4)12-22(21)26-23/h5-8,11-16,25-26H,9-10H2,1-4H3. The van der Waals surface area contributed by atoms with Gasteiger partial charge in [-0.15, -0.1) is 0 Å². The van der Waals surface area contributed by atoms with Crippen molar-refractivity contribution in [1.29, 1.82) is 0 Å². The lowest BCUT2D eigenvalue weighted by atomic mass is 9.98. The quantitative estimate of drug-likeness (QED) is 0.415. The van der Waals surface area contributed by atoms with Gasteiger partial charge in [0.25, 0.3) is 0 Å². The number of fused-ring (bicyclic) bond motifs is 3. The molecule has 0 radical (unpaired) electrons. The van der Waals surface area contributed by atoms with Crippen molar-refractivity contribution < 1.29 is 0 Å². The van der Waals surface area contributed by atoms with E-state index in [9.17, 15) is 0 Å². The summed E-state index contributed by atoms with van der Waals surface area (Å²) in [6.07, 6.45) is 2.23. The molecule has 0 unspecified atom stereocenters. The van der Waals surface area contributed by atoms with Gasteiger partial charge < -0.3 is 10.6 Å². The van der Waals surface area contributed by atoms with Crippen molar-refractivity contribution in [1.82, 2.24) is 0 Å². The van der Waals surface area contributed by atoms with E-state index in [1.165, 1.54) is 27.6 Å². The van der Waals surface area contributed by atoms with E-state index >= 15 is 0 Å². The summed E-state index contributed by atoms with van der Waals surface area (Å²) in [7, 11) is 0. The average molecular weight is 345 g/mol. The molecule has 1 heterocycles. The second-order valence-corrected chi connectivity index (χ2v) is 8.41. The van der Waals surface area contributed by atoms with E-state index in [-0.39, 0.29) is 0 Å². The lowest BCUT2D eigenvalue weighted by molar-refractivity contribution is 0.647. The molecule has 0 saturated carbocycles. The molecule has 134 valence electrons. The van der Waals surface area contributed by atoms with Crippen LogP contribution in [0.25, 0.3) is 10.8 Å². The Labute approximate surface area is 156 Å². The lowest BCUT2D eigenvalue weighted by Crippen LogP contribution is -2.07. The van der Waals surface area contributed by atoms with Gasteiger partial charge in [0, 0.05) is 0 Å². The summed E-state index contributed by atoms with van der Waals surface area (Å²) in [5.74, 6) is 1.35. The van der Waals surface area contributed by atoms with Gasteiger partial charge in [-0.3, -0.25) is 0 Å². The fourth-order valence-electron chi connectivity index (χ4n) is 3.84. The SMILES string of the molecule is CC(C)Cc1ccc2c(c1)Nc1cc3ccc(CC(C)C)cc3cc1N2. The summed E-state index contributed by atoms with van der Waals surface area (Å²) in [6, 6.07) is 18.1. The molecule has 2 heteroatoms. The molecule has 2 nitrogen and oxygen atoms in total. The fraction of sp³-hybridized carbons (Fsp3) is 0.333. The third-order valence-corrected chi connectivity index (χ3v) is 4.95. The van der Waals surface area contributed by atoms with Crippen LogP contribution in [-0.2, 0) is 12.8 Å². The first-order chi connectivity index (χ1) is 12.5. The van der Waals surface area contributed by atoms with E-state index in [0.29, 0.717) is 11.8 Å². The summed E-state index contributed by atoms with van der Waals surface area (Å²) in [5, 5.41) is 9.83. The van der Waals surface area contributed by atoms with E-state index < -0.39 is 0 Å². The molecule has 26 heavy (non-hydrogen) atoms. The van der Waals surface area contributed by atoms with Gasteiger partial charge in [-0.25, -0.2) is 0 Å². The second-order valence-electron chi connectivity index (χ2n) is 8.41. The maximum absolute atomic E-state index is 3.63. The number of hydrogen-bond acceptors (Lipinski definition) is 2. The third kappa shape index (κ3) is 3.41. The molecular formula is C24H28N2. The number of hydrogen-bond donors (Lipinski definition) is 2. The molecule has 0 fully saturated rings. The van der Waals surface area contributed by atoms with Crippen LogP contribution in [0.4, 0.5) is 22.7 Å². The summed E-state index contributed by atoms with van der Waals surface area (Å²) < 4.78 is 0. The number of rotatable bonds is 4. The van der Waals surface area contributed by atoms with Gasteiger partial charge in [0.2, 0.25) is 0 Å². The van der Waals surface area contributed by atoms with E-state index in [0.717, 1.165) is 29.9 Å². The summed E-state index contributed by atoms with van der Waals surface area (Å²) in [4.78, 5) is 0. The van der Waals surface area contributed by atoms with E-state index in [1.807, 2.05) is 0 Å². The van der Waals surface area contributed by atoms with Crippen molar-refractivity contribution in [2.24, 2.45) is 11.8 Å². The van der Waals surface area contributed by atoms with Gasteiger partial charge in [0.1, 0.15) is 0 Å². The first-order valence-corrected chi connectivity index (χ1v) is 9.71. The summed E-state index contributed by atoms with van der Waals surface area (Å²) >= 11 is 0. The molecule has 0 aromatic heterocycles. The highest BCUT2D eigenvalue weighted by Crippen LogP contribution is 2.41. The Bertz CT molecular complexity index is 954. The van der Waals surface area contributed by atoms with Gasteiger partial charge in [0.05, 0.1) is 22.7 Å². The van der Waals surface area contributed by atoms with Crippen LogP contribution < -0.4 is 10.6 Å². The molecule has 4 rings (SSSR count). The van der Waals surface area contributed by atoms with Crippen LogP contribution in [0, 0.1) is 11.8 Å². The van der Waals surface area contributed by atoms with Gasteiger partial charge in [-0.05, 0) is 70.8 Å². The molecule has 1 aliphatic heterocycles. The van der Waals surface area contributed by atoms with Gasteiger partial charge in [-0.1, -0.05) is 52.0 Å². The van der Waals surface area contributed by atoms with E-state index in [2.05, 4.69) is 86.9 Å². The Hall–Kier alpha value is -2.48. The van der Waals surface area contributed by atoms with Crippen LogP contribution >= 0.6 is 0 Å². The second kappa shape index (κ2) is 6.68. The molecule has 0 aliphatic carbocycles. The number of anilines is 4. The molecule has 0 amide bonds. The van der Waals surface area contributed by atoms with Gasteiger partial charge >= 0.3 is 0 Å². The molecule has 3 aromatic rings. The Morgan fingerprint density at radius 3 is 1.81 bits per heavy atom. The molecule has 0 bridgehead atoms. The first kappa shape index (κ1) is 17.0. The smallest absolute Gasteiger partial charge is 0.0630 e. The molecular weight excluding hydrogens is 316 g/mol. The molecule has 0 atom stereocenters. The maximum atomic E-state index is 3.63. The zero-order valence-electron chi connectivity index (χ0n) is 16.2. The van der Waals surface area contributed by atoms with Crippen LogP contribution in [0.3, 0.4) is 0 Å². The fourth-order valence-corrected chi connectivity index (χ4v) is 3.84. The predicted molar refractivity (Wildman–Crippen MR) is 114 cm³/mol. The highest BCUT2D eigenvalue weighted by molar-refractivity contribution is 5.99. The average Bonchev–Trinajstić information content (AvgIpc) is 2.57. The Morgan fingerprint density at radius 2 is 1.12 bits per heavy atom. The lowest BCUT2D eigenvalue weighted by Gasteiger charge is -2.24. The number of benzene rings is 3. The van der Waals surface area contributed by atoms with E-state index in [1.54, 1.807) is 0 Å². The molecule has 0 spiro atoms. The first-order valence-electron chi connectivity index (χ1n) is 9.71. The van der Waals surface area contributed by atoms with Gasteiger partial charge in [-0.2, -0.15) is 0 Å². The Morgan fingerprint density at radius 1 is 0.577 bits per heavy atom. The zero-order chi connectivity index (χ0) is 18.3. The van der Waals surface area contributed by atoms with Crippen molar-refractivity contribution in [3.05, 3.63) is 59.7 Å². The Kier molecular flexibility index (Phi) is 4.36. The van der Waals surface area contributed by atoms with Gasteiger partial charge in [0.15, 0.2) is 0 Å². The van der Waals surface area contributed by atoms with Crippen LogP contribution in [0.15, 0.2) is 48.5 Å². The molecule has 1 aliphatic rings. The molecule has 3 aromatic carbocycles. The molecule has 2 N–H and O–H groups in total. The van der Waals surface area contributed by atoms with E-state index in [4.69, 9.17) is 0 Å². The Balaban J connectivity index is 1.68. The largest absolute Gasteiger partial charge is 0.352 e. The third-order valence-electron chi connectivity index (χ3n) is 4.95. The highest BCUT2D eigenvalue weighted by atomic mass is 15.0. The van der Waals surface area contributed by atoms with Crippen molar-refractivity contribution in [3.8, 4) is 0 Å². The zero-order valence-corrected chi connectivity index (χ0v) is 16.2. The van der Waals surface area contributed by atoms with Crippen molar-refractivity contribution in [3.63, 3.8) is 0 Å².